The van der Waals surface area contributed by atoms with Crippen LogP contribution in [-0.4, -0.2) is 39.3 Å². The van der Waals surface area contributed by atoms with Crippen LogP contribution in [0.25, 0.3) is 0 Å². The number of hydrogen-bond donors (Lipinski definition) is 2. The molecule has 22 heavy (non-hydrogen) atoms. The van der Waals surface area contributed by atoms with Crippen molar-refractivity contribution in [3.8, 4) is 0 Å². The zero-order chi connectivity index (χ0) is 15.8. The van der Waals surface area contributed by atoms with Gasteiger partial charge in [-0.25, -0.2) is 0 Å². The highest BCUT2D eigenvalue weighted by molar-refractivity contribution is 6.30. The molecule has 0 saturated heterocycles. The number of nitrogens with one attached hydrogen (secondary N) is 2. The molecule has 122 valence electrons. The molecule has 5 heteroatoms. The summed E-state index contributed by atoms with van der Waals surface area (Å²) < 4.78 is 4.97. The van der Waals surface area contributed by atoms with E-state index in [1.807, 2.05) is 24.3 Å². The number of hydrogen-bond acceptors (Lipinski definition) is 3. The van der Waals surface area contributed by atoms with Gasteiger partial charge in [-0.2, -0.15) is 0 Å². The summed E-state index contributed by atoms with van der Waals surface area (Å²) in [5.74, 6) is 0.126. The molecule has 0 unspecified atom stereocenters. The first-order valence-corrected chi connectivity index (χ1v) is 8.31. The normalized spacial score (nSPS) is 16.6. The van der Waals surface area contributed by atoms with Crippen molar-refractivity contribution in [3.63, 3.8) is 0 Å². The molecule has 0 radical (unpaired) electrons. The van der Waals surface area contributed by atoms with Gasteiger partial charge in [-0.15, -0.1) is 0 Å². The second-order valence-corrected chi connectivity index (χ2v) is 6.23. The van der Waals surface area contributed by atoms with Gasteiger partial charge in [0, 0.05) is 31.8 Å². The van der Waals surface area contributed by atoms with Crippen LogP contribution < -0.4 is 10.6 Å². The Balaban J connectivity index is 1.94. The van der Waals surface area contributed by atoms with Gasteiger partial charge < -0.3 is 15.4 Å². The van der Waals surface area contributed by atoms with E-state index in [1.54, 1.807) is 7.11 Å². The Morgan fingerprint density at radius 2 is 2.05 bits per heavy atom. The average Bonchev–Trinajstić information content (AvgIpc) is 3.01. The molecule has 2 rings (SSSR count). The van der Waals surface area contributed by atoms with Gasteiger partial charge in [-0.05, 0) is 30.5 Å². The van der Waals surface area contributed by atoms with Crippen molar-refractivity contribution in [1.82, 2.24) is 10.6 Å². The zero-order valence-corrected chi connectivity index (χ0v) is 13.9. The predicted octanol–water partition coefficient (Wildman–Crippen LogP) is 2.50. The van der Waals surface area contributed by atoms with Crippen LogP contribution in [0.1, 0.15) is 31.2 Å². The minimum absolute atomic E-state index is 0.126. The highest BCUT2D eigenvalue weighted by atomic mass is 35.5. The Morgan fingerprint density at radius 1 is 1.27 bits per heavy atom. The van der Waals surface area contributed by atoms with E-state index in [0.29, 0.717) is 18.2 Å². The summed E-state index contributed by atoms with van der Waals surface area (Å²) in [6.07, 6.45) is 3.98. The van der Waals surface area contributed by atoms with Crippen LogP contribution in [-0.2, 0) is 14.9 Å². The number of benzene rings is 1. The third-order valence-electron chi connectivity index (χ3n) is 4.34. The van der Waals surface area contributed by atoms with Crippen LogP contribution in [0, 0.1) is 0 Å². The number of carbonyl (C=O) groups excluding carboxylic acids is 1. The van der Waals surface area contributed by atoms with E-state index in [0.717, 1.165) is 44.3 Å². The molecule has 0 bridgehead atoms. The van der Waals surface area contributed by atoms with Gasteiger partial charge in [-0.3, -0.25) is 4.79 Å². The van der Waals surface area contributed by atoms with Crippen LogP contribution in [0.15, 0.2) is 24.3 Å². The van der Waals surface area contributed by atoms with Gasteiger partial charge in [0.1, 0.15) is 0 Å². The Labute approximate surface area is 137 Å². The fourth-order valence-electron chi connectivity index (χ4n) is 3.14. The molecule has 1 saturated carbocycles. The van der Waals surface area contributed by atoms with Gasteiger partial charge in [0.05, 0.1) is 12.0 Å². The van der Waals surface area contributed by atoms with Gasteiger partial charge in [0.15, 0.2) is 0 Å². The van der Waals surface area contributed by atoms with E-state index < -0.39 is 5.41 Å². The lowest BCUT2D eigenvalue weighted by atomic mass is 9.78. The minimum Gasteiger partial charge on any atom is -0.383 e. The fraction of sp³-hybridized carbons (Fsp3) is 0.588. The average molecular weight is 325 g/mol. The number of halogens is 1. The zero-order valence-electron chi connectivity index (χ0n) is 13.2. The van der Waals surface area contributed by atoms with Crippen molar-refractivity contribution < 1.29 is 9.53 Å². The third kappa shape index (κ3) is 4.22. The first-order valence-electron chi connectivity index (χ1n) is 7.93. The molecule has 1 aliphatic carbocycles. The van der Waals surface area contributed by atoms with Gasteiger partial charge in [0.2, 0.25) is 5.91 Å². The van der Waals surface area contributed by atoms with Crippen LogP contribution in [0.2, 0.25) is 5.02 Å². The summed E-state index contributed by atoms with van der Waals surface area (Å²) in [5, 5.41) is 7.00. The molecule has 1 fully saturated rings. The summed E-state index contributed by atoms with van der Waals surface area (Å²) in [6.45, 7) is 2.86. The molecule has 1 aromatic carbocycles. The number of amides is 1. The van der Waals surface area contributed by atoms with Crippen molar-refractivity contribution in [1.29, 1.82) is 0 Å². The summed E-state index contributed by atoms with van der Waals surface area (Å²) in [4.78, 5) is 12.8. The maximum atomic E-state index is 12.8. The van der Waals surface area contributed by atoms with E-state index >= 15 is 0 Å². The molecule has 0 aromatic heterocycles. The smallest absolute Gasteiger partial charge is 0.230 e. The van der Waals surface area contributed by atoms with E-state index in [1.165, 1.54) is 0 Å². The fourth-order valence-corrected chi connectivity index (χ4v) is 3.33. The van der Waals surface area contributed by atoms with Gasteiger partial charge in [0.25, 0.3) is 0 Å². The Kier molecular flexibility index (Phi) is 6.68. The van der Waals surface area contributed by atoms with Gasteiger partial charge >= 0.3 is 0 Å². The van der Waals surface area contributed by atoms with Crippen molar-refractivity contribution in [2.45, 2.75) is 31.1 Å². The SMILES string of the molecule is COCCNCCNC(=O)C1(c2cccc(Cl)c2)CCCC1. The maximum absolute atomic E-state index is 12.8. The monoisotopic (exact) mass is 324 g/mol. The molecular weight excluding hydrogens is 300 g/mol. The Bertz CT molecular complexity index is 487. The van der Waals surface area contributed by atoms with Crippen molar-refractivity contribution >= 4 is 17.5 Å². The quantitative estimate of drug-likeness (QED) is 0.722. The van der Waals surface area contributed by atoms with Crippen molar-refractivity contribution in [2.75, 3.05) is 33.4 Å². The van der Waals surface area contributed by atoms with Crippen LogP contribution in [0.5, 0.6) is 0 Å². The maximum Gasteiger partial charge on any atom is 0.230 e. The molecule has 1 aromatic rings. The van der Waals surface area contributed by atoms with Crippen molar-refractivity contribution in [3.05, 3.63) is 34.9 Å². The lowest BCUT2D eigenvalue weighted by molar-refractivity contribution is -0.126. The summed E-state index contributed by atoms with van der Waals surface area (Å²) >= 11 is 6.11. The summed E-state index contributed by atoms with van der Waals surface area (Å²) in [5.41, 5.74) is 0.639. The molecule has 1 aliphatic rings. The number of methoxy groups -OCH3 is 1. The first-order chi connectivity index (χ1) is 10.7. The van der Waals surface area contributed by atoms with Gasteiger partial charge in [-0.1, -0.05) is 36.6 Å². The van der Waals surface area contributed by atoms with E-state index in [9.17, 15) is 4.79 Å². The molecule has 4 nitrogen and oxygen atoms in total. The highest BCUT2D eigenvalue weighted by Gasteiger charge is 2.42. The number of rotatable bonds is 8. The van der Waals surface area contributed by atoms with E-state index in [4.69, 9.17) is 16.3 Å². The molecule has 2 N–H and O–H groups in total. The lowest BCUT2D eigenvalue weighted by Crippen LogP contribution is -2.44. The largest absolute Gasteiger partial charge is 0.383 e. The minimum atomic E-state index is -0.405. The molecule has 0 heterocycles. The molecule has 0 aliphatic heterocycles. The number of ether oxygens (including phenoxy) is 1. The van der Waals surface area contributed by atoms with Crippen LogP contribution in [0.3, 0.4) is 0 Å². The Morgan fingerprint density at radius 3 is 2.73 bits per heavy atom. The topological polar surface area (TPSA) is 50.4 Å². The summed E-state index contributed by atoms with van der Waals surface area (Å²) in [7, 11) is 1.68. The summed E-state index contributed by atoms with van der Waals surface area (Å²) in [6, 6.07) is 7.74. The molecule has 0 spiro atoms. The van der Waals surface area contributed by atoms with Crippen LogP contribution in [0.4, 0.5) is 0 Å². The van der Waals surface area contributed by atoms with Crippen molar-refractivity contribution in [2.24, 2.45) is 0 Å². The third-order valence-corrected chi connectivity index (χ3v) is 4.57. The first kappa shape index (κ1) is 17.3. The molecule has 0 atom stereocenters. The van der Waals surface area contributed by atoms with Crippen LogP contribution >= 0.6 is 11.6 Å². The van der Waals surface area contributed by atoms with E-state index in [2.05, 4.69) is 10.6 Å². The molecular formula is C17H25ClN2O2. The second-order valence-electron chi connectivity index (χ2n) is 5.80. The Hall–Kier alpha value is -1.10. The molecule has 1 amide bonds. The number of carbonyl (C=O) groups is 1. The lowest BCUT2D eigenvalue weighted by Gasteiger charge is -2.28. The van der Waals surface area contributed by atoms with E-state index in [-0.39, 0.29) is 5.91 Å². The predicted molar refractivity (Wildman–Crippen MR) is 89.4 cm³/mol. The second kappa shape index (κ2) is 8.51. The highest BCUT2D eigenvalue weighted by Crippen LogP contribution is 2.41. The standard InChI is InChI=1S/C17H25ClN2O2/c1-22-12-11-19-9-10-20-16(21)17(7-2-3-8-17)14-5-4-6-15(18)13-14/h4-6,13,19H,2-3,7-12H2,1H3,(H,20,21).